The minimum absolute atomic E-state index is 0.0745. The first kappa shape index (κ1) is 12.5. The van der Waals surface area contributed by atoms with Gasteiger partial charge >= 0.3 is 0 Å². The first-order chi connectivity index (χ1) is 7.13. The van der Waals surface area contributed by atoms with Gasteiger partial charge in [0.15, 0.2) is 0 Å². The summed E-state index contributed by atoms with van der Waals surface area (Å²) in [5.74, 6) is 0.578. The Bertz CT molecular complexity index is 199. The lowest BCUT2D eigenvalue weighted by atomic mass is 9.97. The van der Waals surface area contributed by atoms with E-state index in [2.05, 4.69) is 6.92 Å². The number of hydrogen-bond acceptors (Lipinski definition) is 3. The second kappa shape index (κ2) is 6.08. The fourth-order valence-electron chi connectivity index (χ4n) is 2.00. The highest BCUT2D eigenvalue weighted by Gasteiger charge is 2.25. The zero-order chi connectivity index (χ0) is 11.3. The Morgan fingerprint density at radius 1 is 1.53 bits per heavy atom. The predicted octanol–water partition coefficient (Wildman–Crippen LogP) is 0.609. The summed E-state index contributed by atoms with van der Waals surface area (Å²) >= 11 is 0. The van der Waals surface area contributed by atoms with Crippen LogP contribution in [0.5, 0.6) is 0 Å². The molecule has 1 heterocycles. The molecule has 15 heavy (non-hydrogen) atoms. The SMILES string of the molecule is CCCOCC(=O)N1CC(C)CC(N)C1. The molecule has 1 rings (SSSR count). The maximum Gasteiger partial charge on any atom is 0.248 e. The van der Waals surface area contributed by atoms with E-state index < -0.39 is 0 Å². The van der Waals surface area contributed by atoms with Crippen molar-refractivity contribution in [3.05, 3.63) is 0 Å². The van der Waals surface area contributed by atoms with Crippen LogP contribution < -0.4 is 5.73 Å². The molecule has 0 spiro atoms. The molecule has 1 saturated heterocycles. The van der Waals surface area contributed by atoms with Crippen LogP contribution >= 0.6 is 0 Å². The molecule has 4 heteroatoms. The van der Waals surface area contributed by atoms with E-state index >= 15 is 0 Å². The highest BCUT2D eigenvalue weighted by Crippen LogP contribution is 2.14. The van der Waals surface area contributed by atoms with E-state index in [0.717, 1.165) is 19.4 Å². The molecule has 4 nitrogen and oxygen atoms in total. The van der Waals surface area contributed by atoms with E-state index in [1.165, 1.54) is 0 Å². The minimum Gasteiger partial charge on any atom is -0.372 e. The molecular weight excluding hydrogens is 192 g/mol. The highest BCUT2D eigenvalue weighted by atomic mass is 16.5. The predicted molar refractivity (Wildman–Crippen MR) is 59.4 cm³/mol. The summed E-state index contributed by atoms with van der Waals surface area (Å²) in [7, 11) is 0. The molecule has 0 radical (unpaired) electrons. The smallest absolute Gasteiger partial charge is 0.248 e. The number of hydrogen-bond donors (Lipinski definition) is 1. The molecule has 2 N–H and O–H groups in total. The van der Waals surface area contributed by atoms with E-state index in [4.69, 9.17) is 10.5 Å². The number of carbonyl (C=O) groups excluding carboxylic acids is 1. The molecule has 0 aliphatic carbocycles. The molecule has 0 saturated carbocycles. The Hall–Kier alpha value is -0.610. The Labute approximate surface area is 91.8 Å². The fourth-order valence-corrected chi connectivity index (χ4v) is 2.00. The van der Waals surface area contributed by atoms with E-state index in [-0.39, 0.29) is 18.6 Å². The molecule has 1 fully saturated rings. The van der Waals surface area contributed by atoms with E-state index in [1.807, 2.05) is 11.8 Å². The molecular formula is C11H22N2O2. The van der Waals surface area contributed by atoms with Gasteiger partial charge in [0.25, 0.3) is 0 Å². The van der Waals surface area contributed by atoms with Crippen molar-refractivity contribution in [2.45, 2.75) is 32.7 Å². The second-order valence-corrected chi connectivity index (χ2v) is 4.45. The normalized spacial score (nSPS) is 26.7. The molecule has 2 unspecified atom stereocenters. The first-order valence-electron chi connectivity index (χ1n) is 5.74. The Balaban J connectivity index is 2.31. The van der Waals surface area contributed by atoms with Gasteiger partial charge in [0.1, 0.15) is 6.61 Å². The van der Waals surface area contributed by atoms with Gasteiger partial charge in [0.05, 0.1) is 0 Å². The molecule has 2 atom stereocenters. The zero-order valence-corrected chi connectivity index (χ0v) is 9.74. The third kappa shape index (κ3) is 4.18. The summed E-state index contributed by atoms with van der Waals surface area (Å²) in [6, 6.07) is 0.129. The van der Waals surface area contributed by atoms with E-state index in [0.29, 0.717) is 19.1 Å². The molecule has 0 aromatic rings. The summed E-state index contributed by atoms with van der Waals surface area (Å²) in [5, 5.41) is 0. The number of amides is 1. The topological polar surface area (TPSA) is 55.6 Å². The van der Waals surface area contributed by atoms with E-state index in [1.54, 1.807) is 0 Å². The van der Waals surface area contributed by atoms with Gasteiger partial charge in [0.2, 0.25) is 5.91 Å². The number of piperidine rings is 1. The van der Waals surface area contributed by atoms with E-state index in [9.17, 15) is 4.79 Å². The summed E-state index contributed by atoms with van der Waals surface area (Å²) in [4.78, 5) is 13.5. The van der Waals surface area contributed by atoms with Crippen LogP contribution in [-0.4, -0.2) is 43.2 Å². The molecule has 1 aliphatic heterocycles. The lowest BCUT2D eigenvalue weighted by Crippen LogP contribution is -2.49. The second-order valence-electron chi connectivity index (χ2n) is 4.45. The zero-order valence-electron chi connectivity index (χ0n) is 9.74. The lowest BCUT2D eigenvalue weighted by molar-refractivity contribution is -0.138. The molecule has 0 aromatic heterocycles. The van der Waals surface area contributed by atoms with Crippen molar-refractivity contribution >= 4 is 5.91 Å². The quantitative estimate of drug-likeness (QED) is 0.698. The monoisotopic (exact) mass is 214 g/mol. The van der Waals surface area contributed by atoms with Crippen molar-refractivity contribution in [2.75, 3.05) is 26.3 Å². The summed E-state index contributed by atoms with van der Waals surface area (Å²) in [6.07, 6.45) is 1.96. The van der Waals surface area contributed by atoms with Crippen LogP contribution in [0.25, 0.3) is 0 Å². The van der Waals surface area contributed by atoms with Gasteiger partial charge in [-0.1, -0.05) is 13.8 Å². The van der Waals surface area contributed by atoms with Crippen molar-refractivity contribution in [3.8, 4) is 0 Å². The molecule has 0 aromatic carbocycles. The van der Waals surface area contributed by atoms with Crippen LogP contribution in [0, 0.1) is 5.92 Å². The standard InChI is InChI=1S/C11H22N2O2/c1-3-4-15-8-11(14)13-6-9(2)5-10(12)7-13/h9-10H,3-8,12H2,1-2H3. The maximum atomic E-state index is 11.7. The van der Waals surface area contributed by atoms with Crippen molar-refractivity contribution < 1.29 is 9.53 Å². The summed E-state index contributed by atoms with van der Waals surface area (Å²) < 4.78 is 5.24. The summed E-state index contributed by atoms with van der Waals surface area (Å²) in [5.41, 5.74) is 5.87. The average molecular weight is 214 g/mol. The minimum atomic E-state index is 0.0745. The average Bonchev–Trinajstić information content (AvgIpc) is 2.16. The fraction of sp³-hybridized carbons (Fsp3) is 0.909. The number of likely N-dealkylation sites (tertiary alicyclic amines) is 1. The van der Waals surface area contributed by atoms with Crippen LogP contribution in [0.2, 0.25) is 0 Å². The van der Waals surface area contributed by atoms with Gasteiger partial charge < -0.3 is 15.4 Å². The Kier molecular flexibility index (Phi) is 5.05. The number of rotatable bonds is 4. The third-order valence-corrected chi connectivity index (χ3v) is 2.62. The number of carbonyl (C=O) groups is 1. The van der Waals surface area contributed by atoms with Gasteiger partial charge in [-0.05, 0) is 18.8 Å². The van der Waals surface area contributed by atoms with Gasteiger partial charge in [-0.15, -0.1) is 0 Å². The molecule has 1 amide bonds. The lowest BCUT2D eigenvalue weighted by Gasteiger charge is -2.34. The molecule has 88 valence electrons. The molecule has 0 bridgehead atoms. The largest absolute Gasteiger partial charge is 0.372 e. The van der Waals surface area contributed by atoms with Crippen molar-refractivity contribution in [3.63, 3.8) is 0 Å². The van der Waals surface area contributed by atoms with Crippen LogP contribution in [-0.2, 0) is 9.53 Å². The van der Waals surface area contributed by atoms with Crippen molar-refractivity contribution in [1.29, 1.82) is 0 Å². The number of nitrogens with two attached hydrogens (primary N) is 1. The van der Waals surface area contributed by atoms with Crippen LogP contribution in [0.15, 0.2) is 0 Å². The highest BCUT2D eigenvalue weighted by molar-refractivity contribution is 5.77. The van der Waals surface area contributed by atoms with Gasteiger partial charge in [0, 0.05) is 25.7 Å². The maximum absolute atomic E-state index is 11.7. The van der Waals surface area contributed by atoms with Gasteiger partial charge in [-0.25, -0.2) is 0 Å². The van der Waals surface area contributed by atoms with Gasteiger partial charge in [-0.3, -0.25) is 4.79 Å². The van der Waals surface area contributed by atoms with Crippen LogP contribution in [0.1, 0.15) is 26.7 Å². The van der Waals surface area contributed by atoms with Crippen LogP contribution in [0.3, 0.4) is 0 Å². The first-order valence-corrected chi connectivity index (χ1v) is 5.74. The molecule has 1 aliphatic rings. The number of nitrogens with zero attached hydrogens (tertiary/aromatic N) is 1. The third-order valence-electron chi connectivity index (χ3n) is 2.62. The van der Waals surface area contributed by atoms with Gasteiger partial charge in [-0.2, -0.15) is 0 Å². The van der Waals surface area contributed by atoms with Crippen molar-refractivity contribution in [2.24, 2.45) is 11.7 Å². The Morgan fingerprint density at radius 2 is 2.27 bits per heavy atom. The Morgan fingerprint density at radius 3 is 2.87 bits per heavy atom. The number of ether oxygens (including phenoxy) is 1. The van der Waals surface area contributed by atoms with Crippen LogP contribution in [0.4, 0.5) is 0 Å². The summed E-state index contributed by atoms with van der Waals surface area (Å²) in [6.45, 7) is 6.52. The van der Waals surface area contributed by atoms with Crippen molar-refractivity contribution in [1.82, 2.24) is 4.90 Å².